The van der Waals surface area contributed by atoms with Crippen LogP contribution in [0.5, 0.6) is 0 Å². The van der Waals surface area contributed by atoms with Gasteiger partial charge in [0.1, 0.15) is 0 Å². The van der Waals surface area contributed by atoms with Crippen molar-refractivity contribution < 1.29 is 4.79 Å². The van der Waals surface area contributed by atoms with Crippen LogP contribution >= 0.6 is 0 Å². The number of carbonyl (C=O) groups excluding carboxylic acids is 1. The molecule has 0 saturated carbocycles. The summed E-state index contributed by atoms with van der Waals surface area (Å²) in [7, 11) is 0. The highest BCUT2D eigenvalue weighted by atomic mass is 16.1. The summed E-state index contributed by atoms with van der Waals surface area (Å²) < 4.78 is 0. The van der Waals surface area contributed by atoms with Crippen molar-refractivity contribution in [1.82, 2.24) is 10.2 Å². The Hall–Kier alpha value is -1.16. The molecule has 1 rings (SSSR count). The monoisotopic (exact) mass is 138 g/mol. The van der Waals surface area contributed by atoms with Gasteiger partial charge >= 0.3 is 0 Å². The molecule has 0 saturated heterocycles. The number of H-pyrrole nitrogens is 1. The lowest BCUT2D eigenvalue weighted by atomic mass is 10.2. The fourth-order valence-corrected chi connectivity index (χ4v) is 0.672. The lowest BCUT2D eigenvalue weighted by Gasteiger charge is -1.96. The van der Waals surface area contributed by atoms with Crippen LogP contribution in [0.1, 0.15) is 5.69 Å². The zero-order valence-electron chi connectivity index (χ0n) is 5.37. The van der Waals surface area contributed by atoms with E-state index >= 15 is 0 Å². The van der Waals surface area contributed by atoms with Gasteiger partial charge in [-0.2, -0.15) is 5.10 Å². The van der Waals surface area contributed by atoms with E-state index < -0.39 is 6.04 Å². The van der Waals surface area contributed by atoms with Crippen molar-refractivity contribution in [3.05, 3.63) is 18.0 Å². The van der Waals surface area contributed by atoms with Gasteiger partial charge in [-0.15, -0.1) is 0 Å². The largest absolute Gasteiger partial charge is 0.321 e. The molecule has 0 aliphatic rings. The molecule has 1 aromatic heterocycles. The molecule has 4 nitrogen and oxygen atoms in total. The van der Waals surface area contributed by atoms with Crippen molar-refractivity contribution in [3.63, 3.8) is 0 Å². The van der Waals surface area contributed by atoms with Crippen molar-refractivity contribution in [2.24, 2.45) is 5.73 Å². The van der Waals surface area contributed by atoms with E-state index in [1.54, 1.807) is 18.5 Å². The Balaban J connectivity index is 2.47. The molecule has 4 heteroatoms. The smallest absolute Gasteiger partial charge is 0.217 e. The first-order chi connectivity index (χ1) is 4.83. The fraction of sp³-hybridized carbons (Fsp3) is 0.333. The standard InChI is InChI=1S/C6H8N3O/c7-5(4-10)3-6-1-2-8-9-6/h1-2,5H,3,7H2,(H,8,9)/t5-/m1/s1. The molecule has 1 heterocycles. The number of aromatic nitrogens is 2. The summed E-state index contributed by atoms with van der Waals surface area (Å²) in [5, 5.41) is 6.44. The minimum atomic E-state index is -0.553. The first-order valence-corrected chi connectivity index (χ1v) is 2.95. The van der Waals surface area contributed by atoms with Crippen LogP contribution in [0.3, 0.4) is 0 Å². The zero-order valence-corrected chi connectivity index (χ0v) is 5.37. The molecule has 10 heavy (non-hydrogen) atoms. The Labute approximate surface area is 58.4 Å². The summed E-state index contributed by atoms with van der Waals surface area (Å²) in [5.74, 6) is 0. The predicted molar refractivity (Wildman–Crippen MR) is 36.0 cm³/mol. The number of hydrogen-bond donors (Lipinski definition) is 2. The van der Waals surface area contributed by atoms with Crippen LogP contribution in [0.2, 0.25) is 0 Å². The third-order valence-corrected chi connectivity index (χ3v) is 1.14. The van der Waals surface area contributed by atoms with Crippen molar-refractivity contribution in [2.45, 2.75) is 12.5 Å². The molecule has 0 aliphatic carbocycles. The average molecular weight is 138 g/mol. The van der Waals surface area contributed by atoms with Gasteiger partial charge in [-0.25, -0.2) is 0 Å². The van der Waals surface area contributed by atoms with E-state index in [1.807, 2.05) is 0 Å². The maximum absolute atomic E-state index is 9.94. The first-order valence-electron chi connectivity index (χ1n) is 2.95. The average Bonchev–Trinajstić information content (AvgIpc) is 2.40. The molecule has 53 valence electrons. The Morgan fingerprint density at radius 3 is 3.20 bits per heavy atom. The van der Waals surface area contributed by atoms with Gasteiger partial charge in [-0.3, -0.25) is 9.89 Å². The zero-order chi connectivity index (χ0) is 7.40. The van der Waals surface area contributed by atoms with E-state index in [9.17, 15) is 4.79 Å². The van der Waals surface area contributed by atoms with Gasteiger partial charge in [0.25, 0.3) is 0 Å². The molecule has 0 fully saturated rings. The molecular weight excluding hydrogens is 130 g/mol. The van der Waals surface area contributed by atoms with Crippen molar-refractivity contribution in [2.75, 3.05) is 0 Å². The summed E-state index contributed by atoms with van der Waals surface area (Å²) in [4.78, 5) is 9.94. The summed E-state index contributed by atoms with van der Waals surface area (Å²) in [6.45, 7) is 0. The number of nitrogens with one attached hydrogen (secondary N) is 1. The van der Waals surface area contributed by atoms with Crippen LogP contribution < -0.4 is 5.73 Å². The number of rotatable bonds is 3. The van der Waals surface area contributed by atoms with Crippen molar-refractivity contribution >= 4 is 6.29 Å². The van der Waals surface area contributed by atoms with E-state index in [0.717, 1.165) is 5.69 Å². The molecule has 0 amide bonds. The normalized spacial score (nSPS) is 12.9. The third-order valence-electron chi connectivity index (χ3n) is 1.14. The molecule has 0 aliphatic heterocycles. The van der Waals surface area contributed by atoms with Crippen LogP contribution in [-0.2, 0) is 11.2 Å². The minimum Gasteiger partial charge on any atom is -0.321 e. The predicted octanol–water partition coefficient (Wildman–Crippen LogP) is -0.611. The third kappa shape index (κ3) is 1.66. The van der Waals surface area contributed by atoms with E-state index in [4.69, 9.17) is 5.73 Å². The van der Waals surface area contributed by atoms with Crippen LogP contribution in [0.25, 0.3) is 0 Å². The Morgan fingerprint density at radius 1 is 1.90 bits per heavy atom. The second kappa shape index (κ2) is 3.12. The van der Waals surface area contributed by atoms with Crippen LogP contribution in [0, 0.1) is 0 Å². The summed E-state index contributed by atoms with van der Waals surface area (Å²) in [6.07, 6.45) is 3.82. The maximum Gasteiger partial charge on any atom is 0.217 e. The second-order valence-corrected chi connectivity index (χ2v) is 1.99. The van der Waals surface area contributed by atoms with Gasteiger partial charge in [-0.1, -0.05) is 0 Å². The Bertz CT molecular complexity index is 195. The number of nitrogens with zero attached hydrogens (tertiary/aromatic N) is 1. The minimum absolute atomic E-state index is 0.451. The van der Waals surface area contributed by atoms with Gasteiger partial charge in [0.15, 0.2) is 0 Å². The van der Waals surface area contributed by atoms with Crippen molar-refractivity contribution in [3.8, 4) is 0 Å². The second-order valence-electron chi connectivity index (χ2n) is 1.99. The first kappa shape index (κ1) is 6.95. The van der Waals surface area contributed by atoms with Crippen LogP contribution in [0.4, 0.5) is 0 Å². The molecule has 0 bridgehead atoms. The van der Waals surface area contributed by atoms with E-state index in [1.165, 1.54) is 0 Å². The molecule has 0 spiro atoms. The van der Waals surface area contributed by atoms with Crippen molar-refractivity contribution in [1.29, 1.82) is 0 Å². The fourth-order valence-electron chi connectivity index (χ4n) is 0.672. The van der Waals surface area contributed by atoms with Gasteiger partial charge < -0.3 is 5.73 Å². The van der Waals surface area contributed by atoms with Gasteiger partial charge in [0.05, 0.1) is 11.7 Å². The molecule has 0 aromatic carbocycles. The number of hydrogen-bond acceptors (Lipinski definition) is 3. The highest BCUT2D eigenvalue weighted by Gasteiger charge is 2.03. The van der Waals surface area contributed by atoms with Gasteiger partial charge in [-0.05, 0) is 6.07 Å². The quantitative estimate of drug-likeness (QED) is 0.585. The maximum atomic E-state index is 9.94. The van der Waals surface area contributed by atoms with Crippen LogP contribution in [0.15, 0.2) is 12.3 Å². The Morgan fingerprint density at radius 2 is 2.70 bits per heavy atom. The lowest BCUT2D eigenvalue weighted by molar-refractivity contribution is 0.540. The highest BCUT2D eigenvalue weighted by Crippen LogP contribution is 1.93. The number of nitrogens with two attached hydrogens (primary N) is 1. The van der Waals surface area contributed by atoms with E-state index in [-0.39, 0.29) is 0 Å². The molecule has 1 aromatic rings. The molecule has 1 radical (unpaired) electrons. The highest BCUT2D eigenvalue weighted by molar-refractivity contribution is 5.58. The Kier molecular flexibility index (Phi) is 2.17. The summed E-state index contributed by atoms with van der Waals surface area (Å²) in [6, 6.07) is 1.22. The summed E-state index contributed by atoms with van der Waals surface area (Å²) >= 11 is 0. The number of aromatic amines is 1. The molecule has 3 N–H and O–H groups in total. The lowest BCUT2D eigenvalue weighted by Crippen LogP contribution is -2.24. The summed E-state index contributed by atoms with van der Waals surface area (Å²) in [5.41, 5.74) is 6.07. The van der Waals surface area contributed by atoms with Gasteiger partial charge in [0, 0.05) is 12.6 Å². The molecular formula is C6H8N3O. The topological polar surface area (TPSA) is 71.8 Å². The SMILES string of the molecule is N[C@@H]([C]=O)Cc1cc[nH]n1. The van der Waals surface area contributed by atoms with Crippen LogP contribution in [-0.4, -0.2) is 22.5 Å². The molecule has 1 atom stereocenters. The van der Waals surface area contributed by atoms with E-state index in [2.05, 4.69) is 10.2 Å². The van der Waals surface area contributed by atoms with E-state index in [0.29, 0.717) is 6.42 Å². The van der Waals surface area contributed by atoms with Gasteiger partial charge in [0.2, 0.25) is 6.29 Å². The molecule has 0 unspecified atom stereocenters.